The molecule has 1 N–H and O–H groups in total. The van der Waals surface area contributed by atoms with E-state index in [0.29, 0.717) is 16.9 Å². The summed E-state index contributed by atoms with van der Waals surface area (Å²) in [6.07, 6.45) is 0. The summed E-state index contributed by atoms with van der Waals surface area (Å²) in [5.41, 5.74) is 2.77. The Morgan fingerprint density at radius 1 is 1.23 bits per heavy atom. The van der Waals surface area contributed by atoms with Gasteiger partial charge in [-0.05, 0) is 13.0 Å². The van der Waals surface area contributed by atoms with Crippen molar-refractivity contribution in [1.29, 1.82) is 0 Å². The lowest BCUT2D eigenvalue weighted by Crippen LogP contribution is -2.23. The maximum Gasteiger partial charge on any atom is 0.287 e. The minimum Gasteiger partial charge on any atom is -0.451 e. The van der Waals surface area contributed by atoms with Gasteiger partial charge in [0.25, 0.3) is 11.6 Å². The van der Waals surface area contributed by atoms with Crippen molar-refractivity contribution in [2.45, 2.75) is 23.6 Å². The van der Waals surface area contributed by atoms with Crippen molar-refractivity contribution in [2.75, 3.05) is 0 Å². The van der Waals surface area contributed by atoms with Crippen molar-refractivity contribution in [3.8, 4) is 0 Å². The van der Waals surface area contributed by atoms with Crippen LogP contribution >= 0.6 is 23.1 Å². The number of rotatable bonds is 7. The van der Waals surface area contributed by atoms with Gasteiger partial charge in [-0.1, -0.05) is 48.2 Å². The van der Waals surface area contributed by atoms with Gasteiger partial charge in [-0.15, -0.1) is 11.3 Å². The number of para-hydroxylation sites is 2. The number of amides is 1. The fourth-order valence-electron chi connectivity index (χ4n) is 3.05. The van der Waals surface area contributed by atoms with Gasteiger partial charge in [0.15, 0.2) is 5.76 Å². The third-order valence-corrected chi connectivity index (χ3v) is 6.64. The molecule has 0 bridgehead atoms. The van der Waals surface area contributed by atoms with Crippen molar-refractivity contribution in [3.63, 3.8) is 0 Å². The van der Waals surface area contributed by atoms with Crippen LogP contribution in [0.3, 0.4) is 0 Å². The minimum atomic E-state index is -0.458. The first-order chi connectivity index (χ1) is 14.5. The van der Waals surface area contributed by atoms with Crippen LogP contribution < -0.4 is 5.32 Å². The molecule has 0 fully saturated rings. The summed E-state index contributed by atoms with van der Waals surface area (Å²) in [5.74, 6) is 0.337. The van der Waals surface area contributed by atoms with Crippen LogP contribution in [-0.4, -0.2) is 15.8 Å². The first-order valence-corrected chi connectivity index (χ1v) is 11.0. The number of fused-ring (bicyclic) bond motifs is 1. The first-order valence-electron chi connectivity index (χ1n) is 9.09. The van der Waals surface area contributed by atoms with Crippen molar-refractivity contribution in [2.24, 2.45) is 0 Å². The number of hydrogen-bond acceptors (Lipinski definition) is 7. The number of nitrogens with zero attached hydrogens (tertiary/aromatic N) is 2. The molecule has 0 atom stereocenters. The van der Waals surface area contributed by atoms with E-state index in [1.807, 2.05) is 36.6 Å². The average Bonchev–Trinajstić information content (AvgIpc) is 3.33. The molecule has 0 saturated carbocycles. The predicted octanol–water partition coefficient (Wildman–Crippen LogP) is 5.33. The Kier molecular flexibility index (Phi) is 5.82. The molecule has 0 spiro atoms. The number of hydrogen-bond donors (Lipinski definition) is 1. The van der Waals surface area contributed by atoms with Gasteiger partial charge in [-0.25, -0.2) is 4.98 Å². The molecule has 1 amide bonds. The normalized spacial score (nSPS) is 11.0. The molecule has 2 heterocycles. The minimum absolute atomic E-state index is 0.0303. The van der Waals surface area contributed by atoms with E-state index in [9.17, 15) is 14.9 Å². The van der Waals surface area contributed by atoms with Crippen molar-refractivity contribution >= 4 is 45.7 Å². The maximum absolute atomic E-state index is 12.9. The van der Waals surface area contributed by atoms with Gasteiger partial charge in [0, 0.05) is 46.0 Å². The lowest BCUT2D eigenvalue weighted by Gasteiger charge is -2.06. The Hall–Kier alpha value is -3.17. The molecule has 7 nitrogen and oxygen atoms in total. The van der Waals surface area contributed by atoms with Gasteiger partial charge >= 0.3 is 0 Å². The molecule has 0 aliphatic carbocycles. The van der Waals surface area contributed by atoms with Gasteiger partial charge in [0.05, 0.1) is 4.92 Å². The highest BCUT2D eigenvalue weighted by atomic mass is 32.2. The first kappa shape index (κ1) is 20.1. The Bertz CT molecular complexity index is 1230. The van der Waals surface area contributed by atoms with Crippen LogP contribution in [0.4, 0.5) is 5.69 Å². The molecule has 4 aromatic rings. The highest BCUT2D eigenvalue weighted by Gasteiger charge is 2.22. The quantitative estimate of drug-likeness (QED) is 0.237. The number of aromatic nitrogens is 1. The molecule has 0 radical (unpaired) electrons. The zero-order chi connectivity index (χ0) is 21.1. The van der Waals surface area contributed by atoms with E-state index in [-0.39, 0.29) is 18.0 Å². The average molecular weight is 440 g/mol. The van der Waals surface area contributed by atoms with Gasteiger partial charge in [0.2, 0.25) is 0 Å². The molecule has 0 unspecified atom stereocenters. The smallest absolute Gasteiger partial charge is 0.287 e. The molecule has 2 aromatic heterocycles. The Morgan fingerprint density at radius 3 is 2.77 bits per heavy atom. The van der Waals surface area contributed by atoms with E-state index in [0.717, 1.165) is 21.0 Å². The van der Waals surface area contributed by atoms with Crippen LogP contribution in [-0.2, 0) is 12.3 Å². The molecule has 0 saturated heterocycles. The molecular formula is C21H17N3O4S2. The summed E-state index contributed by atoms with van der Waals surface area (Å²) in [7, 11) is 0. The molecule has 152 valence electrons. The number of carbonyl (C=O) groups is 1. The number of nitro groups is 1. The second-order valence-electron chi connectivity index (χ2n) is 6.52. The number of aryl methyl sites for hydroxylation is 1. The number of benzene rings is 2. The van der Waals surface area contributed by atoms with Gasteiger partial charge in [0.1, 0.15) is 9.92 Å². The lowest BCUT2D eigenvalue weighted by atomic mass is 10.1. The van der Waals surface area contributed by atoms with Crippen molar-refractivity contribution in [3.05, 3.63) is 86.6 Å². The summed E-state index contributed by atoms with van der Waals surface area (Å²) in [6, 6.07) is 13.8. The highest BCUT2D eigenvalue weighted by molar-refractivity contribution is 8.00. The number of nitrogens with one attached hydrogen (secondary N) is 1. The molecule has 0 aliphatic rings. The second kappa shape index (κ2) is 8.68. The fraction of sp³-hybridized carbons (Fsp3) is 0.143. The third kappa shape index (κ3) is 4.22. The predicted molar refractivity (Wildman–Crippen MR) is 117 cm³/mol. The molecule has 0 aliphatic heterocycles. The van der Waals surface area contributed by atoms with Gasteiger partial charge in [-0.2, -0.15) is 0 Å². The lowest BCUT2D eigenvalue weighted by molar-refractivity contribution is -0.385. The molecule has 9 heteroatoms. The zero-order valence-electron chi connectivity index (χ0n) is 16.0. The van der Waals surface area contributed by atoms with E-state index in [4.69, 9.17) is 4.42 Å². The summed E-state index contributed by atoms with van der Waals surface area (Å²) < 4.78 is 6.76. The van der Waals surface area contributed by atoms with E-state index in [1.54, 1.807) is 41.3 Å². The Morgan fingerprint density at radius 2 is 2.00 bits per heavy atom. The number of carbonyl (C=O) groups excluding carboxylic acids is 1. The van der Waals surface area contributed by atoms with Crippen LogP contribution in [0.15, 0.2) is 62.7 Å². The van der Waals surface area contributed by atoms with E-state index >= 15 is 0 Å². The monoisotopic (exact) mass is 439 g/mol. The summed E-state index contributed by atoms with van der Waals surface area (Å²) in [5, 5.41) is 16.8. The number of thioether (sulfide) groups is 1. The fourth-order valence-corrected chi connectivity index (χ4v) is 4.93. The topological polar surface area (TPSA) is 98.3 Å². The van der Waals surface area contributed by atoms with Crippen molar-refractivity contribution in [1.82, 2.24) is 10.3 Å². The van der Waals surface area contributed by atoms with E-state index < -0.39 is 10.8 Å². The second-order valence-corrected chi connectivity index (χ2v) is 8.60. The Balaban J connectivity index is 1.58. The SMILES string of the molecule is Cc1csc(SCc2c(C(=O)NCc3ccccc3[N+](=O)[O-])oc3ccccc23)n1. The molecule has 4 rings (SSSR count). The Labute approximate surface area is 180 Å². The standard InChI is InChI=1S/C21H17N3O4S2/c1-13-11-29-21(23-13)30-12-16-15-7-3-5-9-18(15)28-19(16)20(25)22-10-14-6-2-4-8-17(14)24(26)27/h2-9,11H,10,12H2,1H3,(H,22,25). The molecular weight excluding hydrogens is 422 g/mol. The summed E-state index contributed by atoms with van der Waals surface area (Å²) >= 11 is 3.10. The molecule has 2 aromatic carbocycles. The zero-order valence-corrected chi connectivity index (χ0v) is 17.6. The van der Waals surface area contributed by atoms with Gasteiger partial charge < -0.3 is 9.73 Å². The van der Waals surface area contributed by atoms with Gasteiger partial charge in [-0.3, -0.25) is 14.9 Å². The third-order valence-electron chi connectivity index (χ3n) is 4.47. The van der Waals surface area contributed by atoms with E-state index in [1.165, 1.54) is 6.07 Å². The number of furan rings is 1. The maximum atomic E-state index is 12.9. The largest absolute Gasteiger partial charge is 0.451 e. The van der Waals surface area contributed by atoms with Crippen LogP contribution in [0.1, 0.15) is 27.4 Å². The number of thiazole rings is 1. The van der Waals surface area contributed by atoms with E-state index in [2.05, 4.69) is 10.3 Å². The van der Waals surface area contributed by atoms with Crippen molar-refractivity contribution < 1.29 is 14.1 Å². The van der Waals surface area contributed by atoms with Crippen LogP contribution in [0.2, 0.25) is 0 Å². The van der Waals surface area contributed by atoms with Crippen LogP contribution in [0.5, 0.6) is 0 Å². The van der Waals surface area contributed by atoms with Crippen LogP contribution in [0, 0.1) is 17.0 Å². The molecule has 30 heavy (non-hydrogen) atoms. The highest BCUT2D eigenvalue weighted by Crippen LogP contribution is 2.33. The number of nitro benzene ring substituents is 1. The summed E-state index contributed by atoms with van der Waals surface area (Å²) in [4.78, 5) is 28.1. The summed E-state index contributed by atoms with van der Waals surface area (Å²) in [6.45, 7) is 1.97. The van der Waals surface area contributed by atoms with Crippen LogP contribution in [0.25, 0.3) is 11.0 Å².